The van der Waals surface area contributed by atoms with Gasteiger partial charge in [0.25, 0.3) is 0 Å². The standard InChI is InChI=1S/C29H46O2.2C28H44O3/c1-22(2)31-29(30)16-12-7-6-11-15-27-24(4)21-25(5)28(27)20-18-23(3)17-19-26-13-9-8-10-14-26;1-21(2)31-28(30)15-11-6-5-10-14-26-25(23(4)20-27(26)29)19-17-22(3)16-18-24-12-8-7-9-13-24;1-21(2)31-28(30)15-11-6-5-10-14-25-23(4)20-27(29)26(25)19-17-22(3)16-18-24-12-8-7-9-13-24/h6,8-11,13-14,22-25,27-28H,7,12,15-21H2,1-5H3;2*5,7-10,12-13,21-23,25-27,29H,6,11,14-20H2,1-4H3/b11-6-;2*10-5-/t23-,24-,25+,27-,28-;22-,23+,25-,26+,27-;22-,23-,25-,26+,27+/m000/s1. The molecule has 0 aromatic heterocycles. The first-order valence-electron chi connectivity index (χ1n) is 37.6. The molecule has 0 amide bonds. The smallest absolute Gasteiger partial charge is 0.306 e. The van der Waals surface area contributed by atoms with E-state index in [2.05, 4.69) is 176 Å². The van der Waals surface area contributed by atoms with Gasteiger partial charge in [-0.25, -0.2) is 0 Å². The molecule has 3 aromatic rings. The maximum atomic E-state index is 11.6. The average molecular weight is 1280 g/mol. The number of rotatable bonds is 39. The molecule has 8 nitrogen and oxygen atoms in total. The van der Waals surface area contributed by atoms with E-state index in [0.29, 0.717) is 66.6 Å². The molecule has 0 saturated heterocycles. The number of ether oxygens (including phenoxy) is 3. The second-order valence-electron chi connectivity index (χ2n) is 30.3. The predicted octanol–water partition coefficient (Wildman–Crippen LogP) is 21.5. The molecule has 6 rings (SSSR count). The third-order valence-corrected chi connectivity index (χ3v) is 20.9. The minimum Gasteiger partial charge on any atom is -0.463 e. The van der Waals surface area contributed by atoms with Crippen LogP contribution in [0, 0.1) is 76.9 Å². The van der Waals surface area contributed by atoms with E-state index in [1.165, 1.54) is 87.3 Å². The molecule has 0 radical (unpaired) electrons. The molecular formula is C85H134O8. The lowest BCUT2D eigenvalue weighted by Gasteiger charge is -2.25. The Kier molecular flexibility index (Phi) is 40.2. The van der Waals surface area contributed by atoms with Gasteiger partial charge >= 0.3 is 17.9 Å². The Morgan fingerprint density at radius 3 is 1.01 bits per heavy atom. The fraction of sp³-hybridized carbons (Fsp3) is 0.682. The maximum Gasteiger partial charge on any atom is 0.306 e. The van der Waals surface area contributed by atoms with Gasteiger partial charge in [0.05, 0.1) is 30.5 Å². The largest absolute Gasteiger partial charge is 0.463 e. The Hall–Kier alpha value is -4.79. The summed E-state index contributed by atoms with van der Waals surface area (Å²) in [5.41, 5.74) is 4.32. The molecule has 0 spiro atoms. The van der Waals surface area contributed by atoms with Crippen molar-refractivity contribution in [1.29, 1.82) is 0 Å². The third kappa shape index (κ3) is 34.1. The molecular weight excluding hydrogens is 1150 g/mol. The van der Waals surface area contributed by atoms with Gasteiger partial charge in [0, 0.05) is 19.3 Å². The van der Waals surface area contributed by atoms with Crippen LogP contribution in [0.3, 0.4) is 0 Å². The molecule has 522 valence electrons. The molecule has 0 aliphatic heterocycles. The third-order valence-electron chi connectivity index (χ3n) is 20.9. The van der Waals surface area contributed by atoms with Crippen molar-refractivity contribution in [3.63, 3.8) is 0 Å². The van der Waals surface area contributed by atoms with Gasteiger partial charge in [-0.15, -0.1) is 0 Å². The van der Waals surface area contributed by atoms with Gasteiger partial charge in [-0.2, -0.15) is 0 Å². The highest BCUT2D eigenvalue weighted by Crippen LogP contribution is 2.47. The summed E-state index contributed by atoms with van der Waals surface area (Å²) in [7, 11) is 0. The fourth-order valence-corrected chi connectivity index (χ4v) is 15.4. The lowest BCUT2D eigenvalue weighted by Crippen LogP contribution is -2.20. The van der Waals surface area contributed by atoms with Crippen LogP contribution in [0.4, 0.5) is 0 Å². The SMILES string of the molecule is CC(C)OC(=O)CCC/C=C\C[C@@H]1[C@@H](CC[C@@H](C)CCc2ccccc2)[C@H](C)C[C@@H]1C.CC(C)OC(=O)CCC/C=C\C[C@@H]1[C@@H](CC[C@@H](C)CCc2ccccc2)[C@H](C)C[C@@H]1O.CC(C)OC(=O)CCC/C=C\C[C@@H]1[C@@H](CC[C@@H](C)CCc2ccccc2)[C@H](O)C[C@@H]1C. The average Bonchev–Trinajstić information content (AvgIpc) is 1.82. The molecule has 93 heavy (non-hydrogen) atoms. The van der Waals surface area contributed by atoms with Crippen LogP contribution in [0.5, 0.6) is 0 Å². The van der Waals surface area contributed by atoms with E-state index < -0.39 is 0 Å². The number of unbranched alkanes of at least 4 members (excludes halogenated alkanes) is 3. The van der Waals surface area contributed by atoms with E-state index in [1.807, 2.05) is 41.5 Å². The molecule has 0 bridgehead atoms. The van der Waals surface area contributed by atoms with Crippen LogP contribution in [0.1, 0.15) is 261 Å². The molecule has 3 aromatic carbocycles. The number of hydrogen-bond donors (Lipinski definition) is 2. The van der Waals surface area contributed by atoms with Crippen LogP contribution >= 0.6 is 0 Å². The minimum absolute atomic E-state index is 0.00752. The molecule has 8 heteroatoms. The predicted molar refractivity (Wildman–Crippen MR) is 389 cm³/mol. The number of carbonyl (C=O) groups excluding carboxylic acids is 3. The summed E-state index contributed by atoms with van der Waals surface area (Å²) < 4.78 is 15.5. The Morgan fingerprint density at radius 1 is 0.376 bits per heavy atom. The topological polar surface area (TPSA) is 119 Å². The van der Waals surface area contributed by atoms with Crippen LogP contribution in [0.15, 0.2) is 127 Å². The van der Waals surface area contributed by atoms with Gasteiger partial charge in [-0.1, -0.05) is 195 Å². The Morgan fingerprint density at radius 2 is 0.656 bits per heavy atom. The van der Waals surface area contributed by atoms with Gasteiger partial charge in [0.2, 0.25) is 0 Å². The zero-order valence-electron chi connectivity index (χ0n) is 61.0. The van der Waals surface area contributed by atoms with Crippen molar-refractivity contribution in [3.8, 4) is 0 Å². The molecule has 3 fully saturated rings. The quantitative estimate of drug-likeness (QED) is 0.0251. The number of allylic oxidation sites excluding steroid dienone is 6. The summed E-state index contributed by atoms with van der Waals surface area (Å²) in [6.45, 7) is 28.0. The lowest BCUT2D eigenvalue weighted by atomic mass is 9.80. The first-order valence-corrected chi connectivity index (χ1v) is 37.6. The molecule has 3 aliphatic carbocycles. The summed E-state index contributed by atoms with van der Waals surface area (Å²) >= 11 is 0. The molecule has 3 saturated carbocycles. The summed E-state index contributed by atoms with van der Waals surface area (Å²) in [4.78, 5) is 34.8. The first-order chi connectivity index (χ1) is 44.6. The van der Waals surface area contributed by atoms with Crippen LogP contribution in [0.25, 0.3) is 0 Å². The molecule has 15 atom stereocenters. The molecule has 2 N–H and O–H groups in total. The normalized spacial score (nSPS) is 24.7. The Balaban J connectivity index is 0.000000297. The summed E-state index contributed by atoms with van der Waals surface area (Å²) in [6, 6.07) is 32.4. The van der Waals surface area contributed by atoms with Crippen molar-refractivity contribution < 1.29 is 38.8 Å². The number of aliphatic hydroxyl groups excluding tert-OH is 2. The Bertz CT molecular complexity index is 2230. The van der Waals surface area contributed by atoms with E-state index in [1.54, 1.807) is 0 Å². The van der Waals surface area contributed by atoms with Crippen LogP contribution in [-0.4, -0.2) is 58.6 Å². The van der Waals surface area contributed by atoms with E-state index >= 15 is 0 Å². The number of carbonyl (C=O) groups is 3. The number of benzene rings is 3. The van der Waals surface area contributed by atoms with Crippen LogP contribution in [0.2, 0.25) is 0 Å². The molecule has 0 heterocycles. The zero-order chi connectivity index (χ0) is 67.9. The van der Waals surface area contributed by atoms with Crippen LogP contribution < -0.4 is 0 Å². The first kappa shape index (κ1) is 80.6. The summed E-state index contributed by atoms with van der Waals surface area (Å²) in [6.07, 6.45) is 41.2. The highest BCUT2D eigenvalue weighted by molar-refractivity contribution is 5.70. The number of hydrogen-bond acceptors (Lipinski definition) is 8. The van der Waals surface area contributed by atoms with Crippen molar-refractivity contribution in [1.82, 2.24) is 0 Å². The Labute approximate surface area is 568 Å². The second-order valence-corrected chi connectivity index (χ2v) is 30.3. The van der Waals surface area contributed by atoms with Gasteiger partial charge in [-0.05, 0) is 270 Å². The van der Waals surface area contributed by atoms with Gasteiger partial charge < -0.3 is 24.4 Å². The van der Waals surface area contributed by atoms with Crippen molar-refractivity contribution in [2.45, 2.75) is 294 Å². The van der Waals surface area contributed by atoms with Gasteiger partial charge in [-0.3, -0.25) is 14.4 Å². The highest BCUT2D eigenvalue weighted by atomic mass is 16.5. The van der Waals surface area contributed by atoms with E-state index in [-0.39, 0.29) is 48.4 Å². The monoisotopic (exact) mass is 1280 g/mol. The number of aryl methyl sites for hydroxylation is 3. The van der Waals surface area contributed by atoms with E-state index in [0.717, 1.165) is 113 Å². The van der Waals surface area contributed by atoms with Crippen molar-refractivity contribution in [2.75, 3.05) is 0 Å². The second kappa shape index (κ2) is 46.4. The molecule has 0 unspecified atom stereocenters. The van der Waals surface area contributed by atoms with E-state index in [9.17, 15) is 24.6 Å². The van der Waals surface area contributed by atoms with Crippen molar-refractivity contribution in [3.05, 3.63) is 144 Å². The van der Waals surface area contributed by atoms with Gasteiger partial charge in [0.15, 0.2) is 0 Å². The number of aliphatic hydroxyl groups is 2. The maximum absolute atomic E-state index is 11.6. The molecule has 3 aliphatic rings. The fourth-order valence-electron chi connectivity index (χ4n) is 15.4. The lowest BCUT2D eigenvalue weighted by molar-refractivity contribution is -0.148. The van der Waals surface area contributed by atoms with Gasteiger partial charge in [0.1, 0.15) is 0 Å². The van der Waals surface area contributed by atoms with Crippen molar-refractivity contribution >= 4 is 17.9 Å². The number of esters is 3. The van der Waals surface area contributed by atoms with Crippen LogP contribution in [-0.2, 0) is 47.9 Å². The van der Waals surface area contributed by atoms with Crippen molar-refractivity contribution in [2.24, 2.45) is 76.9 Å². The summed E-state index contributed by atoms with van der Waals surface area (Å²) in [5, 5.41) is 21.3. The van der Waals surface area contributed by atoms with E-state index in [4.69, 9.17) is 14.2 Å². The minimum atomic E-state index is -0.176. The highest BCUT2D eigenvalue weighted by Gasteiger charge is 2.41. The summed E-state index contributed by atoms with van der Waals surface area (Å²) in [5.74, 6) is 8.42. The zero-order valence-corrected chi connectivity index (χ0v) is 61.0.